The predicted molar refractivity (Wildman–Crippen MR) is 131 cm³/mol. The molecule has 0 atom stereocenters. The van der Waals surface area contributed by atoms with E-state index in [1.807, 2.05) is 54.6 Å². The van der Waals surface area contributed by atoms with Crippen molar-refractivity contribution in [1.82, 2.24) is 15.3 Å². The van der Waals surface area contributed by atoms with Crippen molar-refractivity contribution in [3.05, 3.63) is 102 Å². The van der Waals surface area contributed by atoms with Gasteiger partial charge in [0.25, 0.3) is 0 Å². The molecule has 0 aliphatic carbocycles. The minimum Gasteiger partial charge on any atom is -0.507 e. The average Bonchev–Trinajstić information content (AvgIpc) is 3.26. The van der Waals surface area contributed by atoms with Crippen molar-refractivity contribution >= 4 is 22.6 Å². The number of carbonyl (C=O) groups excluding carboxylic acids is 1. The van der Waals surface area contributed by atoms with E-state index in [0.29, 0.717) is 11.1 Å². The maximum absolute atomic E-state index is 13.3. The fraction of sp³-hybridized carbons (Fsp3) is 0.0370. The van der Waals surface area contributed by atoms with E-state index in [9.17, 15) is 18.7 Å². The number of hydrogen-bond donors (Lipinski definition) is 4. The van der Waals surface area contributed by atoms with Crippen LogP contribution in [0.5, 0.6) is 5.75 Å². The van der Waals surface area contributed by atoms with Gasteiger partial charge in [-0.1, -0.05) is 30.3 Å². The van der Waals surface area contributed by atoms with E-state index in [1.165, 1.54) is 0 Å². The number of phenols is 1. The molecule has 0 bridgehead atoms. The Morgan fingerprint density at radius 3 is 2.51 bits per heavy atom. The van der Waals surface area contributed by atoms with E-state index in [4.69, 9.17) is 0 Å². The summed E-state index contributed by atoms with van der Waals surface area (Å²) in [5.74, 6) is -1.43. The summed E-state index contributed by atoms with van der Waals surface area (Å²) >= 11 is 0. The van der Waals surface area contributed by atoms with E-state index in [1.54, 1.807) is 12.4 Å². The van der Waals surface area contributed by atoms with Gasteiger partial charge >= 0.3 is 6.03 Å². The average molecular weight is 470 g/mol. The Bertz CT molecular complexity index is 1490. The summed E-state index contributed by atoms with van der Waals surface area (Å²) in [6.07, 6.45) is 3.46. The van der Waals surface area contributed by atoms with Gasteiger partial charge in [-0.15, -0.1) is 0 Å². The van der Waals surface area contributed by atoms with Crippen molar-refractivity contribution in [2.45, 2.75) is 6.54 Å². The minimum atomic E-state index is -0.779. The highest BCUT2D eigenvalue weighted by atomic mass is 19.1. The number of para-hydroxylation sites is 1. The summed E-state index contributed by atoms with van der Waals surface area (Å²) in [7, 11) is 0. The summed E-state index contributed by atoms with van der Waals surface area (Å²) in [6, 6.07) is 18.9. The van der Waals surface area contributed by atoms with Crippen LogP contribution < -0.4 is 10.6 Å². The van der Waals surface area contributed by atoms with Gasteiger partial charge in [0.05, 0.1) is 5.69 Å². The Balaban J connectivity index is 1.34. The smallest absolute Gasteiger partial charge is 0.319 e. The normalized spacial score (nSPS) is 10.9. The molecule has 5 rings (SSSR count). The number of nitrogens with zero attached hydrogens (tertiary/aromatic N) is 1. The summed E-state index contributed by atoms with van der Waals surface area (Å²) in [6.45, 7) is 0.174. The Labute approximate surface area is 199 Å². The van der Waals surface area contributed by atoms with Gasteiger partial charge in [0, 0.05) is 52.7 Å². The van der Waals surface area contributed by atoms with Gasteiger partial charge in [0.2, 0.25) is 0 Å². The number of aromatic nitrogens is 2. The van der Waals surface area contributed by atoms with Crippen LogP contribution in [-0.4, -0.2) is 21.1 Å². The number of pyridine rings is 1. The molecule has 0 spiro atoms. The molecule has 0 aliphatic rings. The first-order chi connectivity index (χ1) is 17.0. The lowest BCUT2D eigenvalue weighted by Crippen LogP contribution is -2.28. The van der Waals surface area contributed by atoms with Crippen LogP contribution in [0.25, 0.3) is 33.3 Å². The molecule has 0 fully saturated rings. The number of urea groups is 1. The number of H-pyrrole nitrogens is 1. The summed E-state index contributed by atoms with van der Waals surface area (Å²) in [5, 5.41) is 17.1. The number of aromatic amines is 1. The molecule has 0 aliphatic heterocycles. The van der Waals surface area contributed by atoms with E-state index in [-0.39, 0.29) is 18.0 Å². The number of fused-ring (bicyclic) bond motifs is 1. The van der Waals surface area contributed by atoms with E-state index < -0.39 is 17.7 Å². The molecule has 2 amide bonds. The van der Waals surface area contributed by atoms with Gasteiger partial charge in [0.15, 0.2) is 0 Å². The number of nitrogens with one attached hydrogen (secondary N) is 3. The molecule has 4 N–H and O–H groups in total. The van der Waals surface area contributed by atoms with Crippen molar-refractivity contribution < 1.29 is 18.7 Å². The molecule has 35 heavy (non-hydrogen) atoms. The third kappa shape index (κ3) is 4.81. The van der Waals surface area contributed by atoms with Crippen molar-refractivity contribution in [2.24, 2.45) is 0 Å². The SMILES string of the molecule is O=C(NCc1cccc(-c2cccc(-c3cc4cnccc4[nH]3)c2O)c1)Nc1cc(F)cc(F)c1. The Morgan fingerprint density at radius 2 is 1.71 bits per heavy atom. The second-order valence-electron chi connectivity index (χ2n) is 8.01. The Hall–Kier alpha value is -4.72. The molecular weight excluding hydrogens is 450 g/mol. The monoisotopic (exact) mass is 470 g/mol. The summed E-state index contributed by atoms with van der Waals surface area (Å²) in [4.78, 5) is 19.6. The summed E-state index contributed by atoms with van der Waals surface area (Å²) < 4.78 is 26.6. The number of anilines is 1. The number of benzene rings is 3. The van der Waals surface area contributed by atoms with Gasteiger partial charge in [-0.25, -0.2) is 13.6 Å². The van der Waals surface area contributed by atoms with Crippen molar-refractivity contribution in [1.29, 1.82) is 0 Å². The van der Waals surface area contributed by atoms with Crippen LogP contribution in [0, 0.1) is 11.6 Å². The quantitative estimate of drug-likeness (QED) is 0.246. The van der Waals surface area contributed by atoms with E-state index in [2.05, 4.69) is 20.6 Å². The molecule has 174 valence electrons. The zero-order valence-electron chi connectivity index (χ0n) is 18.3. The first-order valence-electron chi connectivity index (χ1n) is 10.8. The fourth-order valence-corrected chi connectivity index (χ4v) is 3.94. The maximum Gasteiger partial charge on any atom is 0.319 e. The largest absolute Gasteiger partial charge is 0.507 e. The molecular formula is C27H20F2N4O2. The third-order valence-corrected chi connectivity index (χ3v) is 5.56. The highest BCUT2D eigenvalue weighted by molar-refractivity contribution is 5.90. The van der Waals surface area contributed by atoms with Gasteiger partial charge in [-0.05, 0) is 47.5 Å². The van der Waals surface area contributed by atoms with E-state index >= 15 is 0 Å². The van der Waals surface area contributed by atoms with Crippen LogP contribution in [0.15, 0.2) is 85.2 Å². The van der Waals surface area contributed by atoms with Crippen LogP contribution in [0.3, 0.4) is 0 Å². The highest BCUT2D eigenvalue weighted by Crippen LogP contribution is 2.38. The molecule has 0 unspecified atom stereocenters. The number of rotatable bonds is 5. The van der Waals surface area contributed by atoms with E-state index in [0.717, 1.165) is 45.9 Å². The molecule has 8 heteroatoms. The minimum absolute atomic E-state index is 0.0169. The van der Waals surface area contributed by atoms with Crippen molar-refractivity contribution in [3.8, 4) is 28.1 Å². The van der Waals surface area contributed by atoms with Gasteiger partial charge in [0.1, 0.15) is 17.4 Å². The number of halogens is 2. The van der Waals surface area contributed by atoms with Crippen LogP contribution in [0.1, 0.15) is 5.56 Å². The second kappa shape index (κ2) is 9.26. The number of aromatic hydroxyl groups is 1. The molecule has 0 saturated carbocycles. The van der Waals surface area contributed by atoms with Crippen LogP contribution in [0.2, 0.25) is 0 Å². The predicted octanol–water partition coefficient (Wildman–Crippen LogP) is 6.20. The number of phenolic OH excluding ortho intramolecular Hbond substituents is 1. The third-order valence-electron chi connectivity index (χ3n) is 5.56. The molecule has 2 aromatic heterocycles. The van der Waals surface area contributed by atoms with Gasteiger partial charge in [-0.2, -0.15) is 0 Å². The van der Waals surface area contributed by atoms with Gasteiger partial charge < -0.3 is 20.7 Å². The Morgan fingerprint density at radius 1 is 0.943 bits per heavy atom. The molecule has 0 radical (unpaired) electrons. The maximum atomic E-state index is 13.3. The Kier molecular flexibility index (Phi) is 5.85. The first kappa shape index (κ1) is 22.1. The molecule has 3 aromatic carbocycles. The molecule has 0 saturated heterocycles. The number of carbonyl (C=O) groups is 1. The topological polar surface area (TPSA) is 90.0 Å². The summed E-state index contributed by atoms with van der Waals surface area (Å²) in [5.41, 5.74) is 4.56. The van der Waals surface area contributed by atoms with Crippen LogP contribution >= 0.6 is 0 Å². The second-order valence-corrected chi connectivity index (χ2v) is 8.01. The van der Waals surface area contributed by atoms with Crippen molar-refractivity contribution in [3.63, 3.8) is 0 Å². The van der Waals surface area contributed by atoms with Crippen molar-refractivity contribution in [2.75, 3.05) is 5.32 Å². The molecule has 6 nitrogen and oxygen atoms in total. The van der Waals surface area contributed by atoms with Gasteiger partial charge in [-0.3, -0.25) is 4.98 Å². The van der Waals surface area contributed by atoms with Crippen LogP contribution in [-0.2, 0) is 6.54 Å². The molecule has 5 aromatic rings. The number of amides is 2. The zero-order valence-corrected chi connectivity index (χ0v) is 18.3. The highest BCUT2D eigenvalue weighted by Gasteiger charge is 2.13. The lowest BCUT2D eigenvalue weighted by molar-refractivity contribution is 0.251. The fourth-order valence-electron chi connectivity index (χ4n) is 3.94. The standard InChI is InChI=1S/C27H20F2N4O2/c28-19-11-20(29)13-21(12-19)32-27(35)31-14-16-3-1-4-17(9-16)22-5-2-6-23(26(22)34)25-10-18-15-30-8-7-24(18)33-25/h1-13,15,33-34H,14H2,(H2,31,32,35). The zero-order chi connectivity index (χ0) is 24.4. The number of hydrogen-bond acceptors (Lipinski definition) is 3. The molecule has 2 heterocycles. The lowest BCUT2D eigenvalue weighted by Gasteiger charge is -2.12. The first-order valence-corrected chi connectivity index (χ1v) is 10.8. The lowest BCUT2D eigenvalue weighted by atomic mass is 9.98. The van der Waals surface area contributed by atoms with Crippen LogP contribution in [0.4, 0.5) is 19.3 Å².